The maximum Gasteiger partial charge on any atom is 0.326 e. The Morgan fingerprint density at radius 2 is 2.05 bits per heavy atom. The molecule has 0 aliphatic carbocycles. The highest BCUT2D eigenvalue weighted by molar-refractivity contribution is 5.86. The molecule has 4 N–H and O–H groups in total. The summed E-state index contributed by atoms with van der Waals surface area (Å²) in [5.74, 6) is -2.71. The van der Waals surface area contributed by atoms with Gasteiger partial charge in [0.1, 0.15) is 6.04 Å². The number of nitrogens with zero attached hydrogens (tertiary/aromatic N) is 1. The van der Waals surface area contributed by atoms with Crippen LogP contribution in [0.3, 0.4) is 0 Å². The fraction of sp³-hybridized carbons (Fsp3) is 0.333. The van der Waals surface area contributed by atoms with E-state index in [0.717, 1.165) is 5.56 Å². The number of nitrogens with one attached hydrogen (secondary N) is 2. The molecule has 0 saturated heterocycles. The number of amides is 2. The van der Waals surface area contributed by atoms with Gasteiger partial charge >= 0.3 is 18.0 Å². The Morgan fingerprint density at radius 1 is 1.35 bits per heavy atom. The van der Waals surface area contributed by atoms with E-state index in [0.29, 0.717) is 5.69 Å². The van der Waals surface area contributed by atoms with Crippen LogP contribution in [0, 0.1) is 6.92 Å². The maximum absolute atomic E-state index is 11.5. The molecule has 0 fully saturated rings. The Labute approximate surface area is 114 Å². The first kappa shape index (κ1) is 15.4. The molecular weight excluding hydrogens is 266 g/mol. The molecule has 20 heavy (non-hydrogen) atoms. The standard InChI is InChI=1S/C12H15N3O5/c1-7-3-2-4-13-9(7)6-14-12(20)15-8(11(18)19)5-10(16)17/h2-4,8H,5-6H2,1H3,(H,16,17)(H,18,19)(H2,14,15,20). The van der Waals surface area contributed by atoms with Gasteiger partial charge in [-0.1, -0.05) is 6.07 Å². The molecule has 0 bridgehead atoms. The van der Waals surface area contributed by atoms with Crippen molar-refractivity contribution in [3.8, 4) is 0 Å². The fourth-order valence-electron chi connectivity index (χ4n) is 1.45. The molecule has 0 radical (unpaired) electrons. The molecule has 8 heteroatoms. The second-order valence-corrected chi connectivity index (χ2v) is 4.08. The SMILES string of the molecule is Cc1cccnc1CNC(=O)NC(CC(=O)O)C(=O)O. The predicted octanol–water partition coefficient (Wildman–Crippen LogP) is 0.117. The number of hydrogen-bond donors (Lipinski definition) is 4. The topological polar surface area (TPSA) is 129 Å². The number of carbonyl (C=O) groups excluding carboxylic acids is 1. The number of pyridine rings is 1. The average Bonchev–Trinajstić information content (AvgIpc) is 2.36. The van der Waals surface area contributed by atoms with Gasteiger partial charge in [0.15, 0.2) is 0 Å². The fourth-order valence-corrected chi connectivity index (χ4v) is 1.45. The van der Waals surface area contributed by atoms with Crippen LogP contribution in [0.4, 0.5) is 4.79 Å². The lowest BCUT2D eigenvalue weighted by molar-refractivity contribution is -0.145. The van der Waals surface area contributed by atoms with E-state index < -0.39 is 30.4 Å². The van der Waals surface area contributed by atoms with E-state index in [-0.39, 0.29) is 6.54 Å². The van der Waals surface area contributed by atoms with Crippen LogP contribution >= 0.6 is 0 Å². The van der Waals surface area contributed by atoms with Crippen LogP contribution in [-0.2, 0) is 16.1 Å². The van der Waals surface area contributed by atoms with E-state index in [4.69, 9.17) is 10.2 Å². The third-order valence-electron chi connectivity index (χ3n) is 2.52. The van der Waals surface area contributed by atoms with Gasteiger partial charge in [-0.05, 0) is 18.6 Å². The molecule has 0 aliphatic rings. The summed E-state index contributed by atoms with van der Waals surface area (Å²) in [7, 11) is 0. The quantitative estimate of drug-likeness (QED) is 0.586. The minimum atomic E-state index is -1.47. The summed E-state index contributed by atoms with van der Waals surface area (Å²) in [5.41, 5.74) is 1.53. The monoisotopic (exact) mass is 281 g/mol. The van der Waals surface area contributed by atoms with Gasteiger partial charge in [-0.15, -0.1) is 0 Å². The molecule has 0 aromatic carbocycles. The summed E-state index contributed by atoms with van der Waals surface area (Å²) in [6.07, 6.45) is 0.887. The van der Waals surface area contributed by atoms with E-state index in [2.05, 4.69) is 15.6 Å². The molecule has 2 amide bonds. The summed E-state index contributed by atoms with van der Waals surface area (Å²) >= 11 is 0. The minimum absolute atomic E-state index is 0.123. The Balaban J connectivity index is 2.52. The second-order valence-electron chi connectivity index (χ2n) is 4.08. The molecule has 108 valence electrons. The number of carbonyl (C=O) groups is 3. The van der Waals surface area contributed by atoms with Crippen molar-refractivity contribution in [1.82, 2.24) is 15.6 Å². The Kier molecular flexibility index (Phi) is 5.45. The number of hydrogen-bond acceptors (Lipinski definition) is 4. The molecule has 1 unspecified atom stereocenters. The Morgan fingerprint density at radius 3 is 2.60 bits per heavy atom. The van der Waals surface area contributed by atoms with Crippen LogP contribution in [0.1, 0.15) is 17.7 Å². The van der Waals surface area contributed by atoms with Crippen LogP contribution in [0.25, 0.3) is 0 Å². The summed E-state index contributed by atoms with van der Waals surface area (Å²) in [6.45, 7) is 1.95. The van der Waals surface area contributed by atoms with Crippen LogP contribution in [0.15, 0.2) is 18.3 Å². The number of rotatable bonds is 6. The van der Waals surface area contributed by atoms with E-state index in [1.165, 1.54) is 0 Å². The zero-order valence-corrected chi connectivity index (χ0v) is 10.8. The van der Waals surface area contributed by atoms with Crippen LogP contribution in [0.5, 0.6) is 0 Å². The van der Waals surface area contributed by atoms with Gasteiger partial charge in [0.25, 0.3) is 0 Å². The van der Waals surface area contributed by atoms with Gasteiger partial charge < -0.3 is 20.8 Å². The number of aliphatic carboxylic acids is 2. The van der Waals surface area contributed by atoms with Crippen molar-refractivity contribution in [3.05, 3.63) is 29.6 Å². The molecule has 0 saturated carbocycles. The van der Waals surface area contributed by atoms with Gasteiger partial charge in [0.05, 0.1) is 18.7 Å². The first-order chi connectivity index (χ1) is 9.40. The summed E-state index contributed by atoms with van der Waals surface area (Å²) in [4.78, 5) is 36.8. The highest BCUT2D eigenvalue weighted by atomic mass is 16.4. The normalized spacial score (nSPS) is 11.4. The summed E-state index contributed by atoms with van der Waals surface area (Å²) in [6, 6.07) is 1.35. The average molecular weight is 281 g/mol. The van der Waals surface area contributed by atoms with Crippen molar-refractivity contribution in [2.75, 3.05) is 0 Å². The van der Waals surface area contributed by atoms with Gasteiger partial charge in [-0.3, -0.25) is 9.78 Å². The highest BCUT2D eigenvalue weighted by Crippen LogP contribution is 2.02. The van der Waals surface area contributed by atoms with Crippen LogP contribution in [-0.4, -0.2) is 39.2 Å². The van der Waals surface area contributed by atoms with Crippen molar-refractivity contribution in [2.45, 2.75) is 25.9 Å². The lowest BCUT2D eigenvalue weighted by Gasteiger charge is -2.13. The van der Waals surface area contributed by atoms with Crippen molar-refractivity contribution in [2.24, 2.45) is 0 Å². The molecular formula is C12H15N3O5. The largest absolute Gasteiger partial charge is 0.481 e. The number of aryl methyl sites for hydroxylation is 1. The third-order valence-corrected chi connectivity index (χ3v) is 2.52. The second kappa shape index (κ2) is 7.07. The van der Waals surface area contributed by atoms with E-state index in [1.807, 2.05) is 13.0 Å². The van der Waals surface area contributed by atoms with Crippen molar-refractivity contribution >= 4 is 18.0 Å². The molecule has 0 spiro atoms. The molecule has 1 aromatic rings. The number of aromatic nitrogens is 1. The molecule has 1 aromatic heterocycles. The summed E-state index contributed by atoms with van der Waals surface area (Å²) < 4.78 is 0. The molecule has 1 rings (SSSR count). The smallest absolute Gasteiger partial charge is 0.326 e. The Bertz CT molecular complexity index is 518. The van der Waals surface area contributed by atoms with Gasteiger partial charge in [-0.25, -0.2) is 9.59 Å². The maximum atomic E-state index is 11.5. The zero-order valence-electron chi connectivity index (χ0n) is 10.8. The van der Waals surface area contributed by atoms with Crippen molar-refractivity contribution < 1.29 is 24.6 Å². The molecule has 1 atom stereocenters. The third kappa shape index (κ3) is 4.92. The highest BCUT2D eigenvalue weighted by Gasteiger charge is 2.22. The minimum Gasteiger partial charge on any atom is -0.481 e. The number of urea groups is 1. The zero-order chi connectivity index (χ0) is 15.1. The summed E-state index contributed by atoms with van der Waals surface area (Å²) in [5, 5.41) is 21.8. The van der Waals surface area contributed by atoms with Crippen LogP contribution in [0.2, 0.25) is 0 Å². The van der Waals surface area contributed by atoms with E-state index >= 15 is 0 Å². The molecule has 8 nitrogen and oxygen atoms in total. The van der Waals surface area contributed by atoms with Crippen molar-refractivity contribution in [1.29, 1.82) is 0 Å². The van der Waals surface area contributed by atoms with Crippen LogP contribution < -0.4 is 10.6 Å². The lowest BCUT2D eigenvalue weighted by atomic mass is 10.2. The lowest BCUT2D eigenvalue weighted by Crippen LogP contribution is -2.46. The van der Waals surface area contributed by atoms with E-state index in [1.54, 1.807) is 12.3 Å². The number of carboxylic acids is 2. The van der Waals surface area contributed by atoms with Gasteiger partial charge in [-0.2, -0.15) is 0 Å². The molecule has 1 heterocycles. The van der Waals surface area contributed by atoms with E-state index in [9.17, 15) is 14.4 Å². The van der Waals surface area contributed by atoms with Gasteiger partial charge in [0, 0.05) is 6.20 Å². The Hall–Kier alpha value is -2.64. The predicted molar refractivity (Wildman–Crippen MR) is 68.0 cm³/mol. The first-order valence-electron chi connectivity index (χ1n) is 5.79. The van der Waals surface area contributed by atoms with Crippen molar-refractivity contribution in [3.63, 3.8) is 0 Å². The number of carboxylic acid groups (broad SMARTS) is 2. The first-order valence-corrected chi connectivity index (χ1v) is 5.79. The molecule has 0 aliphatic heterocycles. The van der Waals surface area contributed by atoms with Gasteiger partial charge in [0.2, 0.25) is 0 Å².